The summed E-state index contributed by atoms with van der Waals surface area (Å²) in [5.74, 6) is 0.170. The Labute approximate surface area is 239 Å². The van der Waals surface area contributed by atoms with Crippen LogP contribution in [0, 0.1) is 12.8 Å². The molecule has 0 spiro atoms. The summed E-state index contributed by atoms with van der Waals surface area (Å²) in [7, 11) is 4.24. The minimum absolute atomic E-state index is 0.338. The van der Waals surface area contributed by atoms with Gasteiger partial charge in [0.15, 0.2) is 0 Å². The number of hydrogen-bond donors (Lipinski definition) is 2. The minimum Gasteiger partial charge on any atom is -0.480 e. The van der Waals surface area contributed by atoms with Gasteiger partial charge in [-0.3, -0.25) is 9.69 Å². The van der Waals surface area contributed by atoms with E-state index >= 15 is 0 Å². The summed E-state index contributed by atoms with van der Waals surface area (Å²) >= 11 is 1.58. The molecule has 0 bridgehead atoms. The van der Waals surface area contributed by atoms with Crippen molar-refractivity contribution in [3.63, 3.8) is 0 Å². The van der Waals surface area contributed by atoms with E-state index in [0.717, 1.165) is 48.8 Å². The van der Waals surface area contributed by atoms with Gasteiger partial charge in [-0.1, -0.05) is 62.4 Å². The van der Waals surface area contributed by atoms with Crippen molar-refractivity contribution in [2.75, 3.05) is 45.7 Å². The lowest BCUT2D eigenvalue weighted by atomic mass is 9.87. The van der Waals surface area contributed by atoms with E-state index in [1.807, 2.05) is 36.6 Å². The van der Waals surface area contributed by atoms with Gasteiger partial charge in [-0.2, -0.15) is 11.8 Å². The lowest BCUT2D eigenvalue weighted by Gasteiger charge is -2.28. The number of hydrogen-bond acceptors (Lipinski definition) is 5. The molecule has 0 aromatic heterocycles. The number of carboxylic acid groups (broad SMARTS) is 1. The quantitative estimate of drug-likeness (QED) is 0.285. The smallest absolute Gasteiger partial charge is 0.326 e. The Kier molecular flexibility index (Phi) is 12.8. The standard InChI is InChI=1S/C32H47N3O3S/c1-24-10-8-9-13-27(24)29-22-26(14-15-28(29)31(36)33-30(32(37)38)17-21-39-4)23-35(20-19-34(2)3)18-16-25-11-6-5-7-12-25/h8-10,13-15,22,25,30H,5-7,11-12,16-21,23H2,1-4H3,(H,33,36)(H,37,38)/t30-/m0/s1. The van der Waals surface area contributed by atoms with E-state index in [-0.39, 0.29) is 5.91 Å². The Balaban J connectivity index is 1.86. The Morgan fingerprint density at radius 3 is 2.44 bits per heavy atom. The monoisotopic (exact) mass is 553 g/mol. The largest absolute Gasteiger partial charge is 0.480 e. The summed E-state index contributed by atoms with van der Waals surface area (Å²) in [6.07, 6.45) is 10.4. The molecular formula is C32H47N3O3S. The number of benzene rings is 2. The van der Waals surface area contributed by atoms with Crippen LogP contribution >= 0.6 is 11.8 Å². The third-order valence-electron chi connectivity index (χ3n) is 7.83. The average Bonchev–Trinajstić information content (AvgIpc) is 2.93. The molecule has 1 amide bonds. The van der Waals surface area contributed by atoms with Gasteiger partial charge in [0.25, 0.3) is 5.91 Å². The van der Waals surface area contributed by atoms with E-state index in [9.17, 15) is 14.7 Å². The molecule has 0 heterocycles. The van der Waals surface area contributed by atoms with Crippen molar-refractivity contribution >= 4 is 23.6 Å². The van der Waals surface area contributed by atoms with E-state index in [2.05, 4.69) is 48.3 Å². The first kappa shape index (κ1) is 31.2. The summed E-state index contributed by atoms with van der Waals surface area (Å²) < 4.78 is 0. The molecule has 1 aliphatic carbocycles. The van der Waals surface area contributed by atoms with Crippen LogP contribution < -0.4 is 5.32 Å². The highest BCUT2D eigenvalue weighted by atomic mass is 32.2. The molecule has 0 unspecified atom stereocenters. The molecule has 2 aromatic carbocycles. The Morgan fingerprint density at radius 2 is 1.77 bits per heavy atom. The Morgan fingerprint density at radius 1 is 1.03 bits per heavy atom. The molecule has 2 N–H and O–H groups in total. The van der Waals surface area contributed by atoms with Crippen LogP contribution in [0.1, 0.15) is 66.4 Å². The van der Waals surface area contributed by atoms with Crippen LogP contribution in [0.3, 0.4) is 0 Å². The highest BCUT2D eigenvalue weighted by Crippen LogP contribution is 2.30. The Bertz CT molecular complexity index is 1070. The number of carbonyl (C=O) groups is 2. The second kappa shape index (κ2) is 16.0. The zero-order chi connectivity index (χ0) is 28.2. The third kappa shape index (κ3) is 9.96. The number of rotatable bonds is 15. The van der Waals surface area contributed by atoms with Gasteiger partial charge in [0.2, 0.25) is 0 Å². The molecule has 0 radical (unpaired) electrons. The maximum atomic E-state index is 13.4. The van der Waals surface area contributed by atoms with E-state index in [1.165, 1.54) is 44.1 Å². The summed E-state index contributed by atoms with van der Waals surface area (Å²) in [6, 6.07) is 13.2. The number of aliphatic carboxylic acids is 1. The first-order valence-corrected chi connectivity index (χ1v) is 15.8. The SMILES string of the molecule is CSCC[C@H](NC(=O)c1ccc(CN(CCC2CCCCC2)CCN(C)C)cc1-c1ccccc1C)C(=O)O. The first-order valence-electron chi connectivity index (χ1n) is 14.4. The van der Waals surface area contributed by atoms with E-state index in [0.29, 0.717) is 17.7 Å². The predicted octanol–water partition coefficient (Wildman–Crippen LogP) is 5.93. The van der Waals surface area contributed by atoms with Gasteiger partial charge in [0.1, 0.15) is 6.04 Å². The summed E-state index contributed by atoms with van der Waals surface area (Å²) in [4.78, 5) is 30.0. The topological polar surface area (TPSA) is 72.9 Å². The molecule has 1 aliphatic rings. The van der Waals surface area contributed by atoms with Gasteiger partial charge in [0, 0.05) is 25.2 Å². The lowest BCUT2D eigenvalue weighted by molar-refractivity contribution is -0.139. The second-order valence-electron chi connectivity index (χ2n) is 11.2. The number of carboxylic acids is 1. The molecule has 7 heteroatoms. The number of nitrogens with zero attached hydrogens (tertiary/aromatic N) is 2. The van der Waals surface area contributed by atoms with Gasteiger partial charge in [-0.15, -0.1) is 0 Å². The molecule has 0 saturated heterocycles. The molecular weight excluding hydrogens is 506 g/mol. The molecule has 1 fully saturated rings. The van der Waals surface area contributed by atoms with Crippen LogP contribution in [0.5, 0.6) is 0 Å². The molecule has 214 valence electrons. The fraction of sp³-hybridized carbons (Fsp3) is 0.562. The zero-order valence-corrected chi connectivity index (χ0v) is 25.1. The van der Waals surface area contributed by atoms with Crippen LogP contribution in [0.2, 0.25) is 0 Å². The molecule has 39 heavy (non-hydrogen) atoms. The normalized spacial score (nSPS) is 15.0. The van der Waals surface area contributed by atoms with Crippen molar-refractivity contribution in [3.05, 3.63) is 59.2 Å². The van der Waals surface area contributed by atoms with Crippen molar-refractivity contribution in [1.82, 2.24) is 15.1 Å². The maximum Gasteiger partial charge on any atom is 0.326 e. The molecule has 0 aliphatic heterocycles. The van der Waals surface area contributed by atoms with E-state index < -0.39 is 12.0 Å². The Hall–Kier alpha value is -2.35. The molecule has 6 nitrogen and oxygen atoms in total. The number of likely N-dealkylation sites (N-methyl/N-ethyl adjacent to an activating group) is 1. The van der Waals surface area contributed by atoms with Gasteiger partial charge in [-0.25, -0.2) is 4.79 Å². The zero-order valence-electron chi connectivity index (χ0n) is 24.2. The first-order chi connectivity index (χ1) is 18.8. The van der Waals surface area contributed by atoms with Crippen LogP contribution in [-0.2, 0) is 11.3 Å². The van der Waals surface area contributed by atoms with Gasteiger partial charge in [-0.05, 0) is 92.7 Å². The number of amides is 1. The summed E-state index contributed by atoms with van der Waals surface area (Å²) in [5, 5.41) is 12.4. The number of carbonyl (C=O) groups excluding carboxylic acids is 1. The van der Waals surface area contributed by atoms with Crippen LogP contribution in [0.15, 0.2) is 42.5 Å². The fourth-order valence-electron chi connectivity index (χ4n) is 5.43. The van der Waals surface area contributed by atoms with Crippen molar-refractivity contribution in [2.24, 2.45) is 5.92 Å². The second-order valence-corrected chi connectivity index (χ2v) is 12.2. The van der Waals surface area contributed by atoms with Crippen LogP contribution in [0.25, 0.3) is 11.1 Å². The average molecular weight is 554 g/mol. The lowest BCUT2D eigenvalue weighted by Crippen LogP contribution is -2.41. The van der Waals surface area contributed by atoms with Crippen molar-refractivity contribution in [3.8, 4) is 11.1 Å². The fourth-order valence-corrected chi connectivity index (χ4v) is 5.90. The number of nitrogens with one attached hydrogen (secondary N) is 1. The molecule has 3 rings (SSSR count). The van der Waals surface area contributed by atoms with Crippen molar-refractivity contribution < 1.29 is 14.7 Å². The summed E-state index contributed by atoms with van der Waals surface area (Å²) in [6.45, 7) is 5.96. The third-order valence-corrected chi connectivity index (χ3v) is 8.47. The van der Waals surface area contributed by atoms with Crippen molar-refractivity contribution in [1.29, 1.82) is 0 Å². The highest BCUT2D eigenvalue weighted by molar-refractivity contribution is 7.98. The minimum atomic E-state index is -0.999. The highest BCUT2D eigenvalue weighted by Gasteiger charge is 2.23. The van der Waals surface area contributed by atoms with Crippen molar-refractivity contribution in [2.45, 2.75) is 64.5 Å². The molecule has 1 atom stereocenters. The number of thioether (sulfide) groups is 1. The molecule has 2 aromatic rings. The van der Waals surface area contributed by atoms with Gasteiger partial charge in [0.05, 0.1) is 0 Å². The molecule has 1 saturated carbocycles. The van der Waals surface area contributed by atoms with E-state index in [1.54, 1.807) is 11.8 Å². The van der Waals surface area contributed by atoms with Gasteiger partial charge < -0.3 is 15.3 Å². The summed E-state index contributed by atoms with van der Waals surface area (Å²) in [5.41, 5.74) is 4.64. The maximum absolute atomic E-state index is 13.4. The van der Waals surface area contributed by atoms with Gasteiger partial charge >= 0.3 is 5.97 Å². The van der Waals surface area contributed by atoms with E-state index in [4.69, 9.17) is 0 Å². The van der Waals surface area contributed by atoms with Crippen LogP contribution in [0.4, 0.5) is 0 Å². The predicted molar refractivity (Wildman–Crippen MR) is 164 cm³/mol. The number of aryl methyl sites for hydroxylation is 1. The van der Waals surface area contributed by atoms with Crippen LogP contribution in [-0.4, -0.2) is 78.6 Å².